The van der Waals surface area contributed by atoms with Gasteiger partial charge in [-0.15, -0.1) is 4.40 Å². The molecule has 2 aliphatic rings. The normalized spacial score (nSPS) is 24.6. The Labute approximate surface area is 117 Å². The van der Waals surface area contributed by atoms with Crippen molar-refractivity contribution in [1.29, 1.82) is 0 Å². The van der Waals surface area contributed by atoms with Crippen molar-refractivity contribution in [3.8, 4) is 5.75 Å². The van der Waals surface area contributed by atoms with E-state index >= 15 is 0 Å². The number of nitrogens with one attached hydrogen (secondary N) is 1. The fourth-order valence-corrected chi connectivity index (χ4v) is 3.33. The number of likely N-dealkylation sites (tertiary alicyclic amines) is 1. The highest BCUT2D eigenvalue weighted by Crippen LogP contribution is 2.31. The fourth-order valence-electron chi connectivity index (χ4n) is 2.49. The Morgan fingerprint density at radius 3 is 3.00 bits per heavy atom. The van der Waals surface area contributed by atoms with E-state index in [-0.39, 0.29) is 11.9 Å². The molecule has 3 rings (SSSR count). The number of amidine groups is 1. The number of nitrogens with two attached hydrogens (primary N) is 1. The first-order valence-corrected chi connectivity index (χ1v) is 7.75. The van der Waals surface area contributed by atoms with E-state index in [1.54, 1.807) is 18.2 Å². The molecule has 0 radical (unpaired) electrons. The summed E-state index contributed by atoms with van der Waals surface area (Å²) in [7, 11) is -1.71. The summed E-state index contributed by atoms with van der Waals surface area (Å²) in [6.07, 6.45) is 1.01. The summed E-state index contributed by atoms with van der Waals surface area (Å²) in [6.45, 7) is 1.82. The molecule has 1 fully saturated rings. The first-order valence-electron chi connectivity index (χ1n) is 6.31. The second-order valence-corrected chi connectivity index (χ2v) is 6.36. The third-order valence-electron chi connectivity index (χ3n) is 3.38. The van der Waals surface area contributed by atoms with E-state index < -0.39 is 10.2 Å². The van der Waals surface area contributed by atoms with Gasteiger partial charge in [-0.2, -0.15) is 8.42 Å². The first-order chi connectivity index (χ1) is 9.44. The van der Waals surface area contributed by atoms with Crippen LogP contribution in [-0.4, -0.2) is 45.4 Å². The number of benzene rings is 1. The molecule has 0 bridgehead atoms. The van der Waals surface area contributed by atoms with Gasteiger partial charge < -0.3 is 15.4 Å². The molecule has 1 atom stereocenters. The van der Waals surface area contributed by atoms with Gasteiger partial charge in [0, 0.05) is 13.1 Å². The van der Waals surface area contributed by atoms with Crippen LogP contribution in [0.3, 0.4) is 0 Å². The van der Waals surface area contributed by atoms with E-state index in [0.717, 1.165) is 19.5 Å². The molecule has 0 aromatic heterocycles. The van der Waals surface area contributed by atoms with Crippen LogP contribution in [0, 0.1) is 0 Å². The van der Waals surface area contributed by atoms with Crippen LogP contribution in [-0.2, 0) is 10.2 Å². The fraction of sp³-hybridized carbons (Fsp3) is 0.417. The maximum absolute atomic E-state index is 11.5. The molecular weight excluding hydrogens is 280 g/mol. The van der Waals surface area contributed by atoms with Gasteiger partial charge in [0.05, 0.1) is 11.3 Å². The molecule has 0 amide bonds. The topological polar surface area (TPSA) is 97.0 Å². The average molecular weight is 296 g/mol. The molecule has 1 aromatic rings. The summed E-state index contributed by atoms with van der Waals surface area (Å²) < 4.78 is 34.8. The zero-order chi connectivity index (χ0) is 14.3. The number of rotatable bonds is 2. The Kier molecular flexibility index (Phi) is 3.06. The molecule has 1 aromatic carbocycles. The third-order valence-corrected chi connectivity index (χ3v) is 4.30. The second kappa shape index (κ2) is 4.64. The van der Waals surface area contributed by atoms with Gasteiger partial charge in [-0.3, -0.25) is 4.72 Å². The van der Waals surface area contributed by atoms with Crippen LogP contribution in [0.4, 0.5) is 5.69 Å². The van der Waals surface area contributed by atoms with Gasteiger partial charge in [0.1, 0.15) is 11.9 Å². The minimum atomic E-state index is -3.75. The summed E-state index contributed by atoms with van der Waals surface area (Å²) in [5.41, 5.74) is 6.68. The van der Waals surface area contributed by atoms with Gasteiger partial charge in [0.2, 0.25) is 0 Å². The lowest BCUT2D eigenvalue weighted by molar-refractivity contribution is 0.208. The minimum Gasteiger partial charge on any atom is -0.488 e. The van der Waals surface area contributed by atoms with Gasteiger partial charge in [0.15, 0.2) is 5.84 Å². The molecule has 2 aliphatic heterocycles. The maximum atomic E-state index is 11.5. The Balaban J connectivity index is 1.94. The molecule has 8 heteroatoms. The monoisotopic (exact) mass is 296 g/mol. The molecule has 7 nitrogen and oxygen atoms in total. The lowest BCUT2D eigenvalue weighted by Crippen LogP contribution is -2.28. The molecule has 0 aliphatic carbocycles. The van der Waals surface area contributed by atoms with Crippen molar-refractivity contribution in [1.82, 2.24) is 4.90 Å². The average Bonchev–Trinajstić information content (AvgIpc) is 2.72. The Hall–Kier alpha value is -1.80. The van der Waals surface area contributed by atoms with Crippen molar-refractivity contribution in [2.45, 2.75) is 12.5 Å². The van der Waals surface area contributed by atoms with Crippen LogP contribution in [0.15, 0.2) is 22.6 Å². The van der Waals surface area contributed by atoms with Crippen molar-refractivity contribution in [2.75, 3.05) is 24.9 Å². The van der Waals surface area contributed by atoms with Crippen molar-refractivity contribution in [3.63, 3.8) is 0 Å². The highest BCUT2D eigenvalue weighted by atomic mass is 32.2. The van der Waals surface area contributed by atoms with Gasteiger partial charge >= 0.3 is 10.2 Å². The van der Waals surface area contributed by atoms with E-state index in [1.807, 2.05) is 7.05 Å². The summed E-state index contributed by atoms with van der Waals surface area (Å²) in [5, 5.41) is 0. The first kappa shape index (κ1) is 13.2. The zero-order valence-corrected chi connectivity index (χ0v) is 11.9. The van der Waals surface area contributed by atoms with Crippen LogP contribution in [0.2, 0.25) is 0 Å². The number of likely N-dealkylation sites (N-methyl/N-ethyl adjacent to an activating group) is 1. The maximum Gasteiger partial charge on any atom is 0.344 e. The molecule has 0 spiro atoms. The van der Waals surface area contributed by atoms with E-state index in [4.69, 9.17) is 10.5 Å². The quantitative estimate of drug-likeness (QED) is 0.809. The van der Waals surface area contributed by atoms with Gasteiger partial charge in [-0.05, 0) is 25.6 Å². The molecule has 2 heterocycles. The largest absolute Gasteiger partial charge is 0.488 e. The Morgan fingerprint density at radius 1 is 1.50 bits per heavy atom. The minimum absolute atomic E-state index is 0.0410. The molecular formula is C12H16N4O3S. The lowest BCUT2D eigenvalue weighted by Gasteiger charge is -2.21. The highest BCUT2D eigenvalue weighted by Gasteiger charge is 2.27. The molecule has 3 N–H and O–H groups in total. The molecule has 108 valence electrons. The van der Waals surface area contributed by atoms with E-state index in [2.05, 4.69) is 14.0 Å². The number of ether oxygens (including phenoxy) is 1. The van der Waals surface area contributed by atoms with Crippen LogP contribution in [0.25, 0.3) is 0 Å². The molecule has 0 saturated carbocycles. The molecule has 1 saturated heterocycles. The van der Waals surface area contributed by atoms with E-state index in [0.29, 0.717) is 17.0 Å². The van der Waals surface area contributed by atoms with Crippen molar-refractivity contribution < 1.29 is 13.2 Å². The van der Waals surface area contributed by atoms with Crippen LogP contribution in [0.1, 0.15) is 12.0 Å². The summed E-state index contributed by atoms with van der Waals surface area (Å²) in [5.74, 6) is 0.521. The summed E-state index contributed by atoms with van der Waals surface area (Å²) >= 11 is 0. The predicted molar refractivity (Wildman–Crippen MR) is 76.2 cm³/mol. The summed E-state index contributed by atoms with van der Waals surface area (Å²) in [4.78, 5) is 2.18. The Bertz CT molecular complexity index is 671. The predicted octanol–water partition coefficient (Wildman–Crippen LogP) is 0.145. The zero-order valence-electron chi connectivity index (χ0n) is 11.0. The number of nitrogens with zero attached hydrogens (tertiary/aromatic N) is 2. The smallest absolute Gasteiger partial charge is 0.344 e. The number of hydrogen-bond acceptors (Lipinski definition) is 5. The van der Waals surface area contributed by atoms with Crippen LogP contribution >= 0.6 is 0 Å². The highest BCUT2D eigenvalue weighted by molar-refractivity contribution is 7.91. The Morgan fingerprint density at radius 2 is 2.30 bits per heavy atom. The number of fused-ring (bicyclic) bond motifs is 1. The van der Waals surface area contributed by atoms with Crippen LogP contribution in [0.5, 0.6) is 5.75 Å². The third kappa shape index (κ3) is 2.44. The van der Waals surface area contributed by atoms with Gasteiger partial charge in [-0.25, -0.2) is 0 Å². The molecule has 0 unspecified atom stereocenters. The van der Waals surface area contributed by atoms with Gasteiger partial charge in [0.25, 0.3) is 0 Å². The van der Waals surface area contributed by atoms with Crippen molar-refractivity contribution in [3.05, 3.63) is 23.8 Å². The van der Waals surface area contributed by atoms with E-state index in [1.165, 1.54) is 0 Å². The van der Waals surface area contributed by atoms with Crippen LogP contribution < -0.4 is 15.2 Å². The number of hydrogen-bond donors (Lipinski definition) is 2. The second-order valence-electron chi connectivity index (χ2n) is 5.02. The van der Waals surface area contributed by atoms with Gasteiger partial charge in [-0.1, -0.05) is 6.07 Å². The van der Waals surface area contributed by atoms with Crippen molar-refractivity contribution in [2.24, 2.45) is 10.1 Å². The lowest BCUT2D eigenvalue weighted by atomic mass is 10.1. The number of anilines is 1. The van der Waals surface area contributed by atoms with Crippen molar-refractivity contribution >= 4 is 21.7 Å². The summed E-state index contributed by atoms with van der Waals surface area (Å²) in [6, 6.07) is 5.15. The van der Waals surface area contributed by atoms with E-state index in [9.17, 15) is 8.42 Å². The molecule has 20 heavy (non-hydrogen) atoms. The SMILES string of the molecule is CN1CC[C@H](Oc2cccc3c2C(N)=NS(=O)(=O)N3)C1. The standard InChI is InChI=1S/C12H16N4O3S/c1-16-6-5-8(7-16)19-10-4-2-3-9-11(10)12(13)15-20(17,18)14-9/h2-4,8,14H,5-7H2,1H3,(H2,13,15)/t8-/m0/s1.